The third kappa shape index (κ3) is 6.08. The quantitative estimate of drug-likeness (QED) is 0.289. The van der Waals surface area contributed by atoms with Gasteiger partial charge in [0.15, 0.2) is 6.61 Å². The number of hydrogen-bond donors (Lipinski definition) is 1. The Balaban J connectivity index is 1.27. The zero-order valence-electron chi connectivity index (χ0n) is 18.2. The van der Waals surface area contributed by atoms with Gasteiger partial charge in [-0.1, -0.05) is 60.2 Å². The molecule has 0 saturated carbocycles. The van der Waals surface area contributed by atoms with E-state index in [4.69, 9.17) is 9.47 Å². The van der Waals surface area contributed by atoms with E-state index < -0.39 is 5.97 Å². The molecule has 0 aliphatic heterocycles. The molecule has 4 aromatic carbocycles. The topological polar surface area (TPSA) is 64.6 Å². The van der Waals surface area contributed by atoms with Crippen molar-refractivity contribution in [2.45, 2.75) is 6.92 Å². The average Bonchev–Trinajstić information content (AvgIpc) is 2.85. The van der Waals surface area contributed by atoms with E-state index in [2.05, 4.69) is 36.5 Å². The lowest BCUT2D eigenvalue weighted by atomic mass is 10.0. The van der Waals surface area contributed by atoms with Crippen LogP contribution in [0, 0.1) is 6.92 Å². The summed E-state index contributed by atoms with van der Waals surface area (Å²) in [5.41, 5.74) is 4.57. The molecular weight excluding hydrogens is 414 g/mol. The molecule has 4 rings (SSSR count). The Morgan fingerprint density at radius 3 is 1.91 bits per heavy atom. The van der Waals surface area contributed by atoms with Crippen molar-refractivity contribution in [3.63, 3.8) is 0 Å². The predicted molar refractivity (Wildman–Crippen MR) is 129 cm³/mol. The van der Waals surface area contributed by atoms with Crippen LogP contribution in [0.15, 0.2) is 103 Å². The van der Waals surface area contributed by atoms with Gasteiger partial charge in [-0.3, -0.25) is 4.79 Å². The number of carbonyl (C=O) groups is 2. The molecule has 5 nitrogen and oxygen atoms in total. The summed E-state index contributed by atoms with van der Waals surface area (Å²) >= 11 is 0. The van der Waals surface area contributed by atoms with E-state index in [0.29, 0.717) is 22.7 Å². The van der Waals surface area contributed by atoms with Crippen LogP contribution in [0.5, 0.6) is 11.5 Å². The zero-order valence-corrected chi connectivity index (χ0v) is 18.2. The summed E-state index contributed by atoms with van der Waals surface area (Å²) in [5.74, 6) is 0.154. The fourth-order valence-electron chi connectivity index (χ4n) is 3.19. The first-order valence-corrected chi connectivity index (χ1v) is 10.5. The van der Waals surface area contributed by atoms with Crippen LogP contribution in [0.25, 0.3) is 11.1 Å². The highest BCUT2D eigenvalue weighted by Crippen LogP contribution is 2.23. The lowest BCUT2D eigenvalue weighted by Gasteiger charge is -2.09. The van der Waals surface area contributed by atoms with E-state index in [9.17, 15) is 9.59 Å². The number of nitrogens with one attached hydrogen (secondary N) is 1. The average molecular weight is 437 g/mol. The van der Waals surface area contributed by atoms with Crippen molar-refractivity contribution >= 4 is 17.6 Å². The van der Waals surface area contributed by atoms with Crippen molar-refractivity contribution < 1.29 is 19.1 Å². The Kier molecular flexibility index (Phi) is 6.81. The van der Waals surface area contributed by atoms with Crippen LogP contribution >= 0.6 is 0 Å². The number of rotatable bonds is 7. The first-order chi connectivity index (χ1) is 16.1. The Labute approximate surface area is 192 Å². The number of para-hydroxylation sites is 1. The van der Waals surface area contributed by atoms with Crippen molar-refractivity contribution in [1.82, 2.24) is 0 Å². The van der Waals surface area contributed by atoms with Gasteiger partial charge in [0.05, 0.1) is 0 Å². The van der Waals surface area contributed by atoms with Crippen molar-refractivity contribution in [1.29, 1.82) is 0 Å². The summed E-state index contributed by atoms with van der Waals surface area (Å²) in [6.45, 7) is 1.83. The Hall–Kier alpha value is -4.38. The molecule has 4 aromatic rings. The maximum Gasteiger partial charge on any atom is 0.349 e. The van der Waals surface area contributed by atoms with Gasteiger partial charge < -0.3 is 14.8 Å². The highest BCUT2D eigenvalue weighted by atomic mass is 16.6. The number of carbonyl (C=O) groups excluding carboxylic acids is 2. The Morgan fingerprint density at radius 1 is 0.697 bits per heavy atom. The van der Waals surface area contributed by atoms with Gasteiger partial charge in [-0.15, -0.1) is 0 Å². The maximum absolute atomic E-state index is 12.3. The van der Waals surface area contributed by atoms with Gasteiger partial charge in [-0.05, 0) is 66.6 Å². The third-order valence-electron chi connectivity index (χ3n) is 4.98. The second-order valence-electron chi connectivity index (χ2n) is 7.50. The molecule has 0 radical (unpaired) electrons. The number of anilines is 1. The number of esters is 1. The number of amides is 1. The first-order valence-electron chi connectivity index (χ1n) is 10.5. The van der Waals surface area contributed by atoms with Gasteiger partial charge >= 0.3 is 5.97 Å². The van der Waals surface area contributed by atoms with Gasteiger partial charge in [0.25, 0.3) is 5.91 Å². The zero-order chi connectivity index (χ0) is 23.0. The Morgan fingerprint density at radius 2 is 1.27 bits per heavy atom. The van der Waals surface area contributed by atoms with Crippen molar-refractivity contribution in [2.24, 2.45) is 0 Å². The van der Waals surface area contributed by atoms with Gasteiger partial charge in [0.1, 0.15) is 11.5 Å². The Bertz CT molecular complexity index is 1220. The predicted octanol–water partition coefficient (Wildman–Crippen LogP) is 5.90. The molecule has 0 aliphatic rings. The monoisotopic (exact) mass is 437 g/mol. The highest BCUT2D eigenvalue weighted by molar-refractivity contribution is 6.04. The summed E-state index contributed by atoms with van der Waals surface area (Å²) in [6.07, 6.45) is 0. The molecule has 0 fully saturated rings. The lowest BCUT2D eigenvalue weighted by molar-refractivity contribution is -0.136. The van der Waals surface area contributed by atoms with Crippen LogP contribution in [0.4, 0.5) is 5.69 Å². The number of aryl methyl sites for hydroxylation is 1. The molecular formula is C28H23NO4. The van der Waals surface area contributed by atoms with Crippen LogP contribution in [0.1, 0.15) is 15.9 Å². The maximum atomic E-state index is 12.3. The molecule has 0 aromatic heterocycles. The normalized spacial score (nSPS) is 10.3. The van der Waals surface area contributed by atoms with Gasteiger partial charge in [-0.25, -0.2) is 4.79 Å². The van der Waals surface area contributed by atoms with Gasteiger partial charge in [0, 0.05) is 11.3 Å². The van der Waals surface area contributed by atoms with Gasteiger partial charge in [0.2, 0.25) is 0 Å². The van der Waals surface area contributed by atoms with Crippen molar-refractivity contribution in [3.05, 3.63) is 114 Å². The SMILES string of the molecule is Cc1ccc(-c2ccc(OCC(=O)Oc3ccc(C(=O)Nc4ccccc4)cc3)cc2)cc1. The second-order valence-corrected chi connectivity index (χ2v) is 7.50. The second kappa shape index (κ2) is 10.3. The summed E-state index contributed by atoms with van der Waals surface area (Å²) < 4.78 is 10.8. The molecule has 0 atom stereocenters. The van der Waals surface area contributed by atoms with Crippen LogP contribution in [-0.4, -0.2) is 18.5 Å². The largest absolute Gasteiger partial charge is 0.482 e. The van der Waals surface area contributed by atoms with Crippen LogP contribution < -0.4 is 14.8 Å². The van der Waals surface area contributed by atoms with Crippen LogP contribution in [0.2, 0.25) is 0 Å². The van der Waals surface area contributed by atoms with E-state index in [0.717, 1.165) is 11.1 Å². The number of hydrogen-bond acceptors (Lipinski definition) is 4. The summed E-state index contributed by atoms with van der Waals surface area (Å²) in [6, 6.07) is 31.4. The molecule has 0 bridgehead atoms. The molecule has 33 heavy (non-hydrogen) atoms. The molecule has 0 spiro atoms. The molecule has 0 saturated heterocycles. The van der Waals surface area contributed by atoms with Crippen LogP contribution in [0.3, 0.4) is 0 Å². The minimum Gasteiger partial charge on any atom is -0.482 e. The van der Waals surface area contributed by atoms with E-state index in [1.165, 1.54) is 5.56 Å². The third-order valence-corrected chi connectivity index (χ3v) is 4.98. The molecule has 164 valence electrons. The van der Waals surface area contributed by atoms with E-state index in [-0.39, 0.29) is 12.5 Å². The molecule has 1 N–H and O–H groups in total. The fraction of sp³-hybridized carbons (Fsp3) is 0.0714. The fourth-order valence-corrected chi connectivity index (χ4v) is 3.19. The molecule has 1 amide bonds. The van der Waals surface area contributed by atoms with Crippen molar-refractivity contribution in [3.8, 4) is 22.6 Å². The molecule has 0 heterocycles. The summed E-state index contributed by atoms with van der Waals surface area (Å²) in [5, 5.41) is 2.81. The minimum absolute atomic E-state index is 0.222. The van der Waals surface area contributed by atoms with E-state index in [1.807, 2.05) is 54.6 Å². The standard InChI is InChI=1S/C28H23NO4/c1-20-7-9-21(10-8-20)22-11-15-25(16-12-22)32-19-27(30)33-26-17-13-23(14-18-26)28(31)29-24-5-3-2-4-6-24/h2-18H,19H2,1H3,(H,29,31). The van der Waals surface area contributed by atoms with Crippen molar-refractivity contribution in [2.75, 3.05) is 11.9 Å². The number of ether oxygens (including phenoxy) is 2. The number of benzene rings is 4. The van der Waals surface area contributed by atoms with E-state index >= 15 is 0 Å². The van der Waals surface area contributed by atoms with Gasteiger partial charge in [-0.2, -0.15) is 0 Å². The lowest BCUT2D eigenvalue weighted by Crippen LogP contribution is -2.18. The summed E-state index contributed by atoms with van der Waals surface area (Å²) in [4.78, 5) is 24.4. The minimum atomic E-state index is -0.529. The molecule has 0 unspecified atom stereocenters. The first kappa shape index (κ1) is 21.8. The molecule has 5 heteroatoms. The van der Waals surface area contributed by atoms with Crippen LogP contribution in [-0.2, 0) is 4.79 Å². The smallest absolute Gasteiger partial charge is 0.349 e. The van der Waals surface area contributed by atoms with E-state index in [1.54, 1.807) is 24.3 Å². The highest BCUT2D eigenvalue weighted by Gasteiger charge is 2.09. The molecule has 0 aliphatic carbocycles. The summed E-state index contributed by atoms with van der Waals surface area (Å²) in [7, 11) is 0.